The van der Waals surface area contributed by atoms with Crippen LogP contribution in [0.5, 0.6) is 5.75 Å². The Bertz CT molecular complexity index is 1950. The van der Waals surface area contributed by atoms with Crippen LogP contribution in [-0.4, -0.2) is 86.1 Å². The number of benzene rings is 1. The summed E-state index contributed by atoms with van der Waals surface area (Å²) >= 11 is 0. The van der Waals surface area contributed by atoms with E-state index in [2.05, 4.69) is 43.0 Å². The third kappa shape index (κ3) is 7.21. The Balaban J connectivity index is 1.21. The molecule has 3 aromatic heterocycles. The number of hydrogen-bond donors (Lipinski definition) is 4. The zero-order chi connectivity index (χ0) is 35.7. The monoisotopic (exact) mass is 681 g/mol. The molecule has 2 aliphatic rings. The van der Waals surface area contributed by atoms with Crippen molar-refractivity contribution in [1.82, 2.24) is 40.1 Å². The van der Waals surface area contributed by atoms with Gasteiger partial charge in [0.25, 0.3) is 5.91 Å². The molecule has 4 aromatic rings. The van der Waals surface area contributed by atoms with Gasteiger partial charge in [0.05, 0.1) is 18.5 Å². The van der Waals surface area contributed by atoms with Crippen LogP contribution in [-0.2, 0) is 21.2 Å². The fraction of sp³-hybridized carbons (Fsp3) is 0.417. The number of pyridine rings is 1. The van der Waals surface area contributed by atoms with E-state index in [9.17, 15) is 14.4 Å². The van der Waals surface area contributed by atoms with E-state index in [0.29, 0.717) is 48.5 Å². The number of aromatic nitrogens is 5. The Morgan fingerprint density at radius 3 is 2.62 bits per heavy atom. The minimum Gasteiger partial charge on any atom is -0.480 e. The molecule has 0 bridgehead atoms. The molecule has 3 heterocycles. The molecule has 0 radical (unpaired) electrons. The van der Waals surface area contributed by atoms with E-state index in [-0.39, 0.29) is 23.7 Å². The van der Waals surface area contributed by atoms with E-state index < -0.39 is 29.0 Å². The molecular weight excluding hydrogens is 638 g/mol. The number of rotatable bonds is 12. The maximum Gasteiger partial charge on any atom is 0.321 e. The van der Waals surface area contributed by atoms with Crippen molar-refractivity contribution < 1.29 is 24.2 Å². The van der Waals surface area contributed by atoms with E-state index in [4.69, 9.17) is 9.84 Å². The smallest absolute Gasteiger partial charge is 0.321 e. The van der Waals surface area contributed by atoms with Gasteiger partial charge in [-0.2, -0.15) is 0 Å². The maximum absolute atomic E-state index is 13.5. The molecule has 14 nitrogen and oxygen atoms in total. The summed E-state index contributed by atoms with van der Waals surface area (Å²) in [5.74, 6) is 1.00. The van der Waals surface area contributed by atoms with Crippen LogP contribution in [0.25, 0.3) is 5.65 Å². The number of amides is 3. The fourth-order valence-electron chi connectivity index (χ4n) is 5.86. The molecule has 4 N–H and O–H groups in total. The van der Waals surface area contributed by atoms with Gasteiger partial charge in [0.1, 0.15) is 29.0 Å². The second-order valence-corrected chi connectivity index (χ2v) is 14.2. The fourth-order valence-corrected chi connectivity index (χ4v) is 5.86. The van der Waals surface area contributed by atoms with Crippen LogP contribution in [0.4, 0.5) is 10.6 Å². The lowest BCUT2D eigenvalue weighted by Gasteiger charge is -2.34. The highest BCUT2D eigenvalue weighted by molar-refractivity contribution is 5.94. The van der Waals surface area contributed by atoms with Gasteiger partial charge in [-0.3, -0.25) is 19.3 Å². The van der Waals surface area contributed by atoms with Crippen LogP contribution < -0.4 is 20.7 Å². The van der Waals surface area contributed by atoms with Crippen molar-refractivity contribution in [2.75, 3.05) is 38.6 Å². The Hall–Kier alpha value is -5.21. The third-order valence-electron chi connectivity index (χ3n) is 9.13. The SMILES string of the molecule is CN(CCO)CCNC(=O)c1nc(NC(=O)N[C@@]2(C=O)C=C[C@@H](Oc3ccc4nnc(C5(C)CC5)n4c3)c3ccccc32)cc(C(C)(C)C)n1. The van der Waals surface area contributed by atoms with E-state index in [1.54, 1.807) is 30.4 Å². The molecule has 6 rings (SSSR count). The van der Waals surface area contributed by atoms with Crippen LogP contribution in [0.15, 0.2) is 60.8 Å². The van der Waals surface area contributed by atoms with Crippen LogP contribution in [0.3, 0.4) is 0 Å². The number of aliphatic hydroxyl groups is 1. The predicted octanol–water partition coefficient (Wildman–Crippen LogP) is 3.43. The molecule has 0 unspecified atom stereocenters. The zero-order valence-corrected chi connectivity index (χ0v) is 28.9. The number of likely N-dealkylation sites (N-methyl/N-ethyl adjacent to an activating group) is 1. The summed E-state index contributed by atoms with van der Waals surface area (Å²) in [5, 5.41) is 26.2. The van der Waals surface area contributed by atoms with Gasteiger partial charge in [0, 0.05) is 42.1 Å². The van der Waals surface area contributed by atoms with Crippen LogP contribution in [0.2, 0.25) is 0 Å². The third-order valence-corrected chi connectivity index (χ3v) is 9.13. The van der Waals surface area contributed by atoms with Crippen molar-refractivity contribution in [3.63, 3.8) is 0 Å². The average Bonchev–Trinajstić information content (AvgIpc) is 3.68. The van der Waals surface area contributed by atoms with Gasteiger partial charge in [0.2, 0.25) is 5.82 Å². The number of urea groups is 1. The Labute approximate surface area is 290 Å². The number of hydrogen-bond acceptors (Lipinski definition) is 10. The van der Waals surface area contributed by atoms with Gasteiger partial charge >= 0.3 is 6.03 Å². The first-order valence-electron chi connectivity index (χ1n) is 16.7. The van der Waals surface area contributed by atoms with E-state index in [1.165, 1.54) is 0 Å². The summed E-state index contributed by atoms with van der Waals surface area (Å²) in [6, 6.07) is 11.9. The first kappa shape index (κ1) is 34.6. The topological polar surface area (TPSA) is 176 Å². The molecule has 2 atom stereocenters. The number of ether oxygens (including phenoxy) is 1. The predicted molar refractivity (Wildman–Crippen MR) is 186 cm³/mol. The Morgan fingerprint density at radius 1 is 1.12 bits per heavy atom. The van der Waals surface area contributed by atoms with Crippen molar-refractivity contribution >= 4 is 29.7 Å². The lowest BCUT2D eigenvalue weighted by Crippen LogP contribution is -2.49. The molecule has 2 aliphatic carbocycles. The molecule has 1 fully saturated rings. The molecule has 1 saturated carbocycles. The first-order chi connectivity index (χ1) is 23.8. The van der Waals surface area contributed by atoms with Crippen LogP contribution in [0, 0.1) is 0 Å². The molecular formula is C36H43N9O5. The quantitative estimate of drug-likeness (QED) is 0.128. The van der Waals surface area contributed by atoms with Gasteiger partial charge in [-0.15, -0.1) is 10.2 Å². The minimum absolute atomic E-state index is 0.0114. The number of aliphatic hydroxyl groups excluding tert-OH is 1. The van der Waals surface area contributed by atoms with Gasteiger partial charge < -0.3 is 25.4 Å². The minimum atomic E-state index is -1.51. The van der Waals surface area contributed by atoms with Crippen LogP contribution >= 0.6 is 0 Å². The molecule has 3 amide bonds. The van der Waals surface area contributed by atoms with Gasteiger partial charge in [-0.05, 0) is 49.7 Å². The number of nitrogens with one attached hydrogen (secondary N) is 3. The zero-order valence-electron chi connectivity index (χ0n) is 28.9. The number of carbonyl (C=O) groups excluding carboxylic acids is 3. The number of anilines is 1. The molecule has 0 spiro atoms. The number of carbonyl (C=O) groups is 3. The summed E-state index contributed by atoms with van der Waals surface area (Å²) in [4.78, 5) is 50.0. The molecule has 0 saturated heterocycles. The molecule has 50 heavy (non-hydrogen) atoms. The van der Waals surface area contributed by atoms with Crippen molar-refractivity contribution in [2.45, 2.75) is 63.0 Å². The largest absolute Gasteiger partial charge is 0.480 e. The summed E-state index contributed by atoms with van der Waals surface area (Å²) in [6.07, 6.45) is 7.50. The van der Waals surface area contributed by atoms with E-state index in [0.717, 1.165) is 24.3 Å². The molecule has 262 valence electrons. The lowest BCUT2D eigenvalue weighted by molar-refractivity contribution is -0.111. The van der Waals surface area contributed by atoms with Gasteiger partial charge in [-0.1, -0.05) is 52.0 Å². The molecule has 0 aliphatic heterocycles. The Morgan fingerprint density at radius 2 is 1.90 bits per heavy atom. The number of nitrogens with zero attached hydrogens (tertiary/aromatic N) is 6. The van der Waals surface area contributed by atoms with Crippen molar-refractivity contribution in [3.8, 4) is 5.75 Å². The van der Waals surface area contributed by atoms with E-state index in [1.807, 2.05) is 67.6 Å². The number of aldehydes is 1. The second kappa shape index (κ2) is 13.6. The standard InChI is InChI=1S/C36H43N9O5/c1-34(2,3)27-20-28(39-30(38-27)31(48)37-16-17-44(5)18-19-46)40-33(49)41-36(22-47)13-12-26(24-8-6-7-9-25(24)36)50-23-10-11-29-42-43-32(45(29)21-23)35(4)14-15-35/h6-13,20-22,26,46H,14-19H2,1-5H3,(H,37,48)(H2,38,39,40,41,49)/t26-,36-/m1/s1. The number of fused-ring (bicyclic) bond motifs is 2. The van der Waals surface area contributed by atoms with Gasteiger partial charge in [-0.25, -0.2) is 14.8 Å². The van der Waals surface area contributed by atoms with Crippen molar-refractivity contribution in [1.29, 1.82) is 0 Å². The van der Waals surface area contributed by atoms with Crippen molar-refractivity contribution in [3.05, 3.63) is 89.3 Å². The maximum atomic E-state index is 13.5. The highest BCUT2D eigenvalue weighted by Gasteiger charge is 2.43. The molecule has 14 heteroatoms. The highest BCUT2D eigenvalue weighted by atomic mass is 16.5. The second-order valence-electron chi connectivity index (χ2n) is 14.2. The molecule has 1 aromatic carbocycles. The average molecular weight is 682 g/mol. The highest BCUT2D eigenvalue weighted by Crippen LogP contribution is 2.47. The summed E-state index contributed by atoms with van der Waals surface area (Å²) in [6.45, 7) is 9.31. The van der Waals surface area contributed by atoms with E-state index >= 15 is 0 Å². The summed E-state index contributed by atoms with van der Waals surface area (Å²) < 4.78 is 8.41. The first-order valence-corrected chi connectivity index (χ1v) is 16.7. The lowest BCUT2D eigenvalue weighted by atomic mass is 9.81. The normalized spacial score (nSPS) is 19.1. The Kier molecular flexibility index (Phi) is 9.42. The van der Waals surface area contributed by atoms with Crippen molar-refractivity contribution in [2.24, 2.45) is 0 Å². The van der Waals surface area contributed by atoms with Gasteiger partial charge in [0.15, 0.2) is 11.9 Å². The van der Waals surface area contributed by atoms with Crippen LogP contribution in [0.1, 0.15) is 79.9 Å². The summed E-state index contributed by atoms with van der Waals surface area (Å²) in [7, 11) is 1.84. The summed E-state index contributed by atoms with van der Waals surface area (Å²) in [5.41, 5.74) is 0.585.